The van der Waals surface area contributed by atoms with Crippen LogP contribution in [0.5, 0.6) is 0 Å². The van der Waals surface area contributed by atoms with Crippen molar-refractivity contribution >= 4 is 39.3 Å². The third-order valence-corrected chi connectivity index (χ3v) is 2.84. The Bertz CT molecular complexity index is 609. The van der Waals surface area contributed by atoms with Gasteiger partial charge in [0.1, 0.15) is 11.6 Å². The predicted molar refractivity (Wildman–Crippen MR) is 69.1 cm³/mol. The lowest BCUT2D eigenvalue weighted by Crippen LogP contribution is -2.13. The Morgan fingerprint density at radius 1 is 1.39 bits per heavy atom. The molecule has 0 saturated carbocycles. The van der Waals surface area contributed by atoms with Gasteiger partial charge in [0, 0.05) is 11.8 Å². The number of carbonyl (C=O) groups is 1. The summed E-state index contributed by atoms with van der Waals surface area (Å²) in [5.41, 5.74) is 0.304. The van der Waals surface area contributed by atoms with Crippen LogP contribution in [0.3, 0.4) is 0 Å². The molecule has 18 heavy (non-hydrogen) atoms. The van der Waals surface area contributed by atoms with Crippen LogP contribution >= 0.6 is 27.5 Å². The summed E-state index contributed by atoms with van der Waals surface area (Å²) in [5, 5.41) is 2.56. The summed E-state index contributed by atoms with van der Waals surface area (Å²) in [4.78, 5) is 19.3. The SMILES string of the molecule is O=C(Nc1ccnc(Cl)n1)c1ccc(F)c(Br)c1. The van der Waals surface area contributed by atoms with Gasteiger partial charge in [-0.2, -0.15) is 0 Å². The van der Waals surface area contributed by atoms with Crippen molar-refractivity contribution in [1.29, 1.82) is 0 Å². The van der Waals surface area contributed by atoms with E-state index in [9.17, 15) is 9.18 Å². The van der Waals surface area contributed by atoms with Crippen LogP contribution in [0, 0.1) is 5.82 Å². The number of nitrogens with zero attached hydrogens (tertiary/aromatic N) is 2. The highest BCUT2D eigenvalue weighted by atomic mass is 79.9. The molecule has 1 heterocycles. The minimum atomic E-state index is -0.434. The molecular weight excluding hydrogens is 324 g/mol. The number of amides is 1. The van der Waals surface area contributed by atoms with Gasteiger partial charge in [0.2, 0.25) is 5.28 Å². The molecule has 0 radical (unpaired) electrons. The van der Waals surface area contributed by atoms with E-state index in [-0.39, 0.29) is 15.6 Å². The first-order valence-corrected chi connectivity index (χ1v) is 5.98. The highest BCUT2D eigenvalue weighted by molar-refractivity contribution is 9.10. The molecule has 0 saturated heterocycles. The minimum absolute atomic E-state index is 0.0353. The molecule has 0 unspecified atom stereocenters. The topological polar surface area (TPSA) is 54.9 Å². The average Bonchev–Trinajstić information content (AvgIpc) is 2.32. The van der Waals surface area contributed by atoms with Gasteiger partial charge < -0.3 is 5.32 Å². The molecule has 92 valence electrons. The molecule has 0 spiro atoms. The summed E-state index contributed by atoms with van der Waals surface area (Å²) in [5.74, 6) is -0.567. The minimum Gasteiger partial charge on any atom is -0.306 e. The largest absolute Gasteiger partial charge is 0.306 e. The van der Waals surface area contributed by atoms with E-state index in [1.54, 1.807) is 0 Å². The third kappa shape index (κ3) is 3.02. The monoisotopic (exact) mass is 329 g/mol. The summed E-state index contributed by atoms with van der Waals surface area (Å²) in [6, 6.07) is 5.46. The number of benzene rings is 1. The first-order valence-electron chi connectivity index (χ1n) is 4.81. The number of aromatic nitrogens is 2. The van der Waals surface area contributed by atoms with Crippen molar-refractivity contribution in [3.63, 3.8) is 0 Å². The lowest BCUT2D eigenvalue weighted by Gasteiger charge is -2.05. The quantitative estimate of drug-likeness (QED) is 0.860. The summed E-state index contributed by atoms with van der Waals surface area (Å²) in [6.45, 7) is 0. The third-order valence-electron chi connectivity index (χ3n) is 2.05. The molecule has 1 N–H and O–H groups in total. The molecule has 0 aliphatic carbocycles. The molecule has 7 heteroatoms. The van der Waals surface area contributed by atoms with E-state index in [0.29, 0.717) is 5.56 Å². The molecule has 1 aromatic heterocycles. The fourth-order valence-electron chi connectivity index (χ4n) is 1.23. The number of anilines is 1. The second kappa shape index (κ2) is 5.41. The molecule has 0 bridgehead atoms. The molecule has 0 aliphatic rings. The van der Waals surface area contributed by atoms with Crippen LogP contribution in [0.1, 0.15) is 10.4 Å². The molecule has 0 fully saturated rings. The first kappa shape index (κ1) is 12.9. The van der Waals surface area contributed by atoms with Gasteiger partial charge in [0.15, 0.2) is 0 Å². The van der Waals surface area contributed by atoms with E-state index in [4.69, 9.17) is 11.6 Å². The average molecular weight is 331 g/mol. The van der Waals surface area contributed by atoms with E-state index >= 15 is 0 Å². The molecule has 2 rings (SSSR count). The van der Waals surface area contributed by atoms with Crippen molar-refractivity contribution in [3.8, 4) is 0 Å². The molecule has 1 amide bonds. The normalized spacial score (nSPS) is 10.2. The van der Waals surface area contributed by atoms with Gasteiger partial charge in [-0.25, -0.2) is 14.4 Å². The zero-order chi connectivity index (χ0) is 13.1. The summed E-state index contributed by atoms with van der Waals surface area (Å²) >= 11 is 8.60. The molecule has 1 aromatic carbocycles. The van der Waals surface area contributed by atoms with Crippen molar-refractivity contribution in [2.45, 2.75) is 0 Å². The van der Waals surface area contributed by atoms with Gasteiger partial charge in [-0.15, -0.1) is 0 Å². The van der Waals surface area contributed by atoms with Gasteiger partial charge in [0.05, 0.1) is 4.47 Å². The van der Waals surface area contributed by atoms with Crippen LogP contribution in [0.2, 0.25) is 5.28 Å². The van der Waals surface area contributed by atoms with E-state index in [2.05, 4.69) is 31.2 Å². The standard InChI is InChI=1S/C11H6BrClFN3O/c12-7-5-6(1-2-8(7)14)10(18)16-9-3-4-15-11(13)17-9/h1-5H,(H,15,16,17,18). The van der Waals surface area contributed by atoms with E-state index < -0.39 is 11.7 Å². The fourth-order valence-corrected chi connectivity index (χ4v) is 1.76. The summed E-state index contributed by atoms with van der Waals surface area (Å²) < 4.78 is 13.2. The Morgan fingerprint density at radius 2 is 2.17 bits per heavy atom. The van der Waals surface area contributed by atoms with Crippen LogP contribution in [-0.4, -0.2) is 15.9 Å². The van der Waals surface area contributed by atoms with E-state index in [1.165, 1.54) is 30.5 Å². The number of nitrogens with one attached hydrogen (secondary N) is 1. The Balaban J connectivity index is 2.19. The van der Waals surface area contributed by atoms with Crippen LogP contribution < -0.4 is 5.32 Å². The lowest BCUT2D eigenvalue weighted by molar-refractivity contribution is 0.102. The van der Waals surface area contributed by atoms with E-state index in [0.717, 1.165) is 0 Å². The van der Waals surface area contributed by atoms with E-state index in [1.807, 2.05) is 0 Å². The zero-order valence-corrected chi connectivity index (χ0v) is 11.2. The summed E-state index contributed by atoms with van der Waals surface area (Å²) in [6.07, 6.45) is 1.42. The van der Waals surface area contributed by atoms with Crippen LogP contribution in [0.4, 0.5) is 10.2 Å². The van der Waals surface area contributed by atoms with Crippen molar-refractivity contribution in [3.05, 3.63) is 51.6 Å². The maximum absolute atomic E-state index is 13.0. The smallest absolute Gasteiger partial charge is 0.256 e. The van der Waals surface area contributed by atoms with Crippen LogP contribution in [-0.2, 0) is 0 Å². The van der Waals surface area contributed by atoms with Gasteiger partial charge in [-0.3, -0.25) is 4.79 Å². The van der Waals surface area contributed by atoms with Gasteiger partial charge in [-0.05, 0) is 51.8 Å². The summed E-state index contributed by atoms with van der Waals surface area (Å²) in [7, 11) is 0. The van der Waals surface area contributed by atoms with Gasteiger partial charge in [-0.1, -0.05) is 0 Å². The van der Waals surface area contributed by atoms with Gasteiger partial charge in [0.25, 0.3) is 5.91 Å². The highest BCUT2D eigenvalue weighted by Gasteiger charge is 2.09. The second-order valence-electron chi connectivity index (χ2n) is 3.29. The van der Waals surface area contributed by atoms with Crippen LogP contribution in [0.15, 0.2) is 34.9 Å². The van der Waals surface area contributed by atoms with Crippen molar-refractivity contribution in [2.24, 2.45) is 0 Å². The van der Waals surface area contributed by atoms with Gasteiger partial charge >= 0.3 is 0 Å². The second-order valence-corrected chi connectivity index (χ2v) is 4.49. The number of carbonyl (C=O) groups excluding carboxylic acids is 1. The predicted octanol–water partition coefficient (Wildman–Crippen LogP) is 3.28. The zero-order valence-electron chi connectivity index (χ0n) is 8.82. The maximum atomic E-state index is 13.0. The number of hydrogen-bond donors (Lipinski definition) is 1. The van der Waals surface area contributed by atoms with Crippen molar-refractivity contribution < 1.29 is 9.18 Å². The molecule has 0 atom stereocenters. The molecule has 4 nitrogen and oxygen atoms in total. The molecule has 0 aliphatic heterocycles. The number of halogens is 3. The Kier molecular flexibility index (Phi) is 3.88. The number of hydrogen-bond acceptors (Lipinski definition) is 3. The number of rotatable bonds is 2. The highest BCUT2D eigenvalue weighted by Crippen LogP contribution is 2.17. The molecule has 2 aromatic rings. The Labute approximate surface area is 115 Å². The maximum Gasteiger partial charge on any atom is 0.256 e. The van der Waals surface area contributed by atoms with Crippen LogP contribution in [0.25, 0.3) is 0 Å². The Hall–Kier alpha value is -1.53. The van der Waals surface area contributed by atoms with Crippen molar-refractivity contribution in [2.75, 3.05) is 5.32 Å². The lowest BCUT2D eigenvalue weighted by atomic mass is 10.2. The van der Waals surface area contributed by atoms with Crippen molar-refractivity contribution in [1.82, 2.24) is 9.97 Å². The Morgan fingerprint density at radius 3 is 2.83 bits per heavy atom. The molecular formula is C11H6BrClFN3O. The fraction of sp³-hybridized carbons (Fsp3) is 0. The first-order chi connectivity index (χ1) is 8.56.